The van der Waals surface area contributed by atoms with Crippen molar-refractivity contribution in [2.24, 2.45) is 11.7 Å². The van der Waals surface area contributed by atoms with Crippen LogP contribution >= 0.6 is 0 Å². The van der Waals surface area contributed by atoms with Gasteiger partial charge in [-0.2, -0.15) is 0 Å². The van der Waals surface area contributed by atoms with Crippen LogP contribution in [0, 0.1) is 11.7 Å². The Morgan fingerprint density at radius 1 is 1.11 bits per heavy atom. The maximum atomic E-state index is 12.9. The number of benzene rings is 2. The van der Waals surface area contributed by atoms with E-state index >= 15 is 0 Å². The topological polar surface area (TPSA) is 98.9 Å². The molecule has 8 heteroatoms. The molecule has 7 nitrogen and oxygen atoms in total. The number of nitrogens with zero attached hydrogens (tertiary/aromatic N) is 1. The first-order valence-corrected chi connectivity index (χ1v) is 8.21. The van der Waals surface area contributed by atoms with Crippen LogP contribution in [0.1, 0.15) is 12.0 Å². The van der Waals surface area contributed by atoms with Crippen LogP contribution in [0.15, 0.2) is 48.5 Å². The minimum Gasteiger partial charge on any atom is -0.489 e. The number of rotatable bonds is 5. The van der Waals surface area contributed by atoms with Crippen molar-refractivity contribution in [2.75, 3.05) is 11.4 Å². The van der Waals surface area contributed by atoms with Gasteiger partial charge in [0.25, 0.3) is 0 Å². The lowest BCUT2D eigenvalue weighted by Gasteiger charge is -2.17. The molecule has 1 saturated heterocycles. The summed E-state index contributed by atoms with van der Waals surface area (Å²) < 4.78 is 22.9. The summed E-state index contributed by atoms with van der Waals surface area (Å²) in [6.45, 7) is 0.393. The van der Waals surface area contributed by atoms with Crippen molar-refractivity contribution >= 4 is 23.7 Å². The van der Waals surface area contributed by atoms with Gasteiger partial charge in [0.1, 0.15) is 18.2 Å². The third-order valence-electron chi connectivity index (χ3n) is 4.13. The molecule has 2 amide bonds. The number of amides is 2. The molecule has 0 aromatic heterocycles. The highest BCUT2D eigenvalue weighted by molar-refractivity contribution is 6.00. The number of anilines is 1. The fourth-order valence-electron chi connectivity index (χ4n) is 2.77. The predicted octanol–water partition coefficient (Wildman–Crippen LogP) is 2.38. The van der Waals surface area contributed by atoms with Crippen LogP contribution in [0.5, 0.6) is 5.75 Å². The number of carbonyl (C=O) groups excluding carboxylic acids is 3. The van der Waals surface area contributed by atoms with Gasteiger partial charge in [-0.05, 0) is 42.0 Å². The molecule has 2 aromatic rings. The quantitative estimate of drug-likeness (QED) is 0.642. The fourth-order valence-corrected chi connectivity index (χ4v) is 2.77. The Morgan fingerprint density at radius 3 is 2.41 bits per heavy atom. The largest absolute Gasteiger partial charge is 0.489 e. The van der Waals surface area contributed by atoms with Gasteiger partial charge in [-0.25, -0.2) is 9.18 Å². The third-order valence-corrected chi connectivity index (χ3v) is 4.13. The third kappa shape index (κ3) is 4.60. The molecule has 1 aliphatic heterocycles. The van der Waals surface area contributed by atoms with Gasteiger partial charge in [0.15, 0.2) is 0 Å². The monoisotopic (exact) mass is 372 g/mol. The van der Waals surface area contributed by atoms with E-state index in [1.807, 2.05) is 0 Å². The van der Waals surface area contributed by atoms with E-state index in [0.29, 0.717) is 11.4 Å². The van der Waals surface area contributed by atoms with Gasteiger partial charge in [0.05, 0.1) is 5.92 Å². The van der Waals surface area contributed by atoms with E-state index in [9.17, 15) is 18.8 Å². The van der Waals surface area contributed by atoms with Crippen LogP contribution in [0.3, 0.4) is 0 Å². The molecule has 1 heterocycles. The van der Waals surface area contributed by atoms with Crippen LogP contribution < -0.4 is 15.4 Å². The van der Waals surface area contributed by atoms with E-state index in [2.05, 4.69) is 4.74 Å². The van der Waals surface area contributed by atoms with E-state index in [1.165, 1.54) is 17.0 Å². The summed E-state index contributed by atoms with van der Waals surface area (Å²) in [5.74, 6) is -1.52. The smallest absolute Gasteiger partial charge is 0.412 e. The van der Waals surface area contributed by atoms with Gasteiger partial charge < -0.3 is 20.1 Å². The summed E-state index contributed by atoms with van der Waals surface area (Å²) in [6, 6.07) is 12.8. The summed E-state index contributed by atoms with van der Waals surface area (Å²) >= 11 is 0. The maximum absolute atomic E-state index is 12.9. The zero-order valence-corrected chi connectivity index (χ0v) is 14.3. The normalized spacial score (nSPS) is 16.3. The Kier molecular flexibility index (Phi) is 5.35. The Morgan fingerprint density at radius 2 is 1.78 bits per heavy atom. The first-order valence-electron chi connectivity index (χ1n) is 8.21. The average Bonchev–Trinajstić information content (AvgIpc) is 3.03. The van der Waals surface area contributed by atoms with Gasteiger partial charge in [-0.15, -0.1) is 0 Å². The molecule has 2 aromatic carbocycles. The van der Waals surface area contributed by atoms with Crippen LogP contribution in [0.2, 0.25) is 0 Å². The Bertz CT molecular complexity index is 851. The fraction of sp³-hybridized carbons (Fsp3) is 0.211. The standard InChI is InChI=1S/C19H17FN2O5/c20-14-3-1-12(2-4-14)11-26-16-7-5-15(6-8-16)22-10-13(9-17(22)23)18(24)27-19(21)25/h1-8,13H,9-11H2,(H2,21,25). The number of nitrogens with two attached hydrogens (primary N) is 1. The SMILES string of the molecule is NC(=O)OC(=O)C1CC(=O)N(c2ccc(OCc3ccc(F)cc3)cc2)C1. The van der Waals surface area contributed by atoms with Crippen molar-refractivity contribution in [3.8, 4) is 5.75 Å². The molecule has 2 N–H and O–H groups in total. The lowest BCUT2D eigenvalue weighted by atomic mass is 10.1. The van der Waals surface area contributed by atoms with Crippen molar-refractivity contribution < 1.29 is 28.2 Å². The number of hydrogen-bond acceptors (Lipinski definition) is 5. The second-order valence-corrected chi connectivity index (χ2v) is 6.05. The zero-order chi connectivity index (χ0) is 19.4. The van der Waals surface area contributed by atoms with Crippen LogP contribution in [0.25, 0.3) is 0 Å². The van der Waals surface area contributed by atoms with Gasteiger partial charge in [0.2, 0.25) is 5.91 Å². The summed E-state index contributed by atoms with van der Waals surface area (Å²) in [7, 11) is 0. The van der Waals surface area contributed by atoms with Gasteiger partial charge in [-0.1, -0.05) is 12.1 Å². The first kappa shape index (κ1) is 18.4. The van der Waals surface area contributed by atoms with Crippen molar-refractivity contribution in [2.45, 2.75) is 13.0 Å². The van der Waals surface area contributed by atoms with Crippen molar-refractivity contribution in [3.05, 3.63) is 59.9 Å². The Balaban J connectivity index is 1.59. The Labute approximate surface area is 154 Å². The van der Waals surface area contributed by atoms with Crippen molar-refractivity contribution in [1.82, 2.24) is 0 Å². The highest BCUT2D eigenvalue weighted by atomic mass is 19.1. The molecule has 0 spiro atoms. The second kappa shape index (κ2) is 7.86. The number of carbonyl (C=O) groups is 3. The Hall–Kier alpha value is -3.42. The van der Waals surface area contributed by atoms with Crippen LogP contribution in [0.4, 0.5) is 14.9 Å². The summed E-state index contributed by atoms with van der Waals surface area (Å²) in [4.78, 5) is 36.0. The van der Waals surface area contributed by atoms with Crippen molar-refractivity contribution in [3.63, 3.8) is 0 Å². The first-order chi connectivity index (χ1) is 12.9. The van der Waals surface area contributed by atoms with E-state index in [4.69, 9.17) is 10.5 Å². The van der Waals surface area contributed by atoms with Gasteiger partial charge >= 0.3 is 12.1 Å². The molecular weight excluding hydrogens is 355 g/mol. The molecule has 0 radical (unpaired) electrons. The highest BCUT2D eigenvalue weighted by Gasteiger charge is 2.36. The van der Waals surface area contributed by atoms with Crippen molar-refractivity contribution in [1.29, 1.82) is 0 Å². The van der Waals surface area contributed by atoms with Crippen LogP contribution in [-0.4, -0.2) is 24.5 Å². The number of hydrogen-bond donors (Lipinski definition) is 1. The lowest BCUT2D eigenvalue weighted by molar-refractivity contribution is -0.141. The van der Waals surface area contributed by atoms with E-state index < -0.39 is 18.0 Å². The molecule has 3 rings (SSSR count). The number of ether oxygens (including phenoxy) is 2. The highest BCUT2D eigenvalue weighted by Crippen LogP contribution is 2.27. The maximum Gasteiger partial charge on any atom is 0.412 e. The minimum absolute atomic E-state index is 0.0467. The minimum atomic E-state index is -1.19. The molecule has 140 valence electrons. The van der Waals surface area contributed by atoms with Gasteiger partial charge in [0, 0.05) is 18.7 Å². The molecule has 1 atom stereocenters. The average molecular weight is 372 g/mol. The van der Waals surface area contributed by atoms with E-state index in [1.54, 1.807) is 36.4 Å². The van der Waals surface area contributed by atoms with Crippen LogP contribution in [-0.2, 0) is 20.9 Å². The summed E-state index contributed by atoms with van der Waals surface area (Å²) in [5, 5.41) is 0. The molecule has 0 aliphatic carbocycles. The molecule has 1 unspecified atom stereocenters. The van der Waals surface area contributed by atoms with E-state index in [0.717, 1.165) is 5.56 Å². The van der Waals surface area contributed by atoms with E-state index in [-0.39, 0.29) is 31.3 Å². The predicted molar refractivity (Wildman–Crippen MR) is 93.3 cm³/mol. The van der Waals surface area contributed by atoms with Gasteiger partial charge in [-0.3, -0.25) is 9.59 Å². The molecular formula is C19H17FN2O5. The number of primary amides is 1. The number of halogens is 1. The molecule has 0 bridgehead atoms. The lowest BCUT2D eigenvalue weighted by Crippen LogP contribution is -2.28. The second-order valence-electron chi connectivity index (χ2n) is 6.05. The number of esters is 1. The molecule has 1 fully saturated rings. The molecule has 1 aliphatic rings. The zero-order valence-electron chi connectivity index (χ0n) is 14.3. The molecule has 27 heavy (non-hydrogen) atoms. The summed E-state index contributed by atoms with van der Waals surface area (Å²) in [6.07, 6.45) is -1.23. The molecule has 0 saturated carbocycles. The summed E-state index contributed by atoms with van der Waals surface area (Å²) in [5.41, 5.74) is 6.25.